The molecule has 0 fully saturated rings. The van der Waals surface area contributed by atoms with Gasteiger partial charge in [0.25, 0.3) is 10.0 Å². The van der Waals surface area contributed by atoms with E-state index in [4.69, 9.17) is 9.15 Å². The largest absolute Gasteiger partial charge is 0.472 e. The summed E-state index contributed by atoms with van der Waals surface area (Å²) in [6.45, 7) is 0. The molecule has 0 bridgehead atoms. The van der Waals surface area contributed by atoms with Gasteiger partial charge in [0, 0.05) is 41.5 Å². The van der Waals surface area contributed by atoms with E-state index in [-0.39, 0.29) is 21.3 Å². The van der Waals surface area contributed by atoms with E-state index < -0.39 is 10.0 Å². The van der Waals surface area contributed by atoms with Crippen molar-refractivity contribution in [2.45, 2.75) is 4.90 Å². The molecule has 4 aromatic heterocycles. The molecule has 10 nitrogen and oxygen atoms in total. The number of nitrogens with zero attached hydrogens (tertiary/aromatic N) is 5. The highest BCUT2D eigenvalue weighted by Crippen LogP contribution is 2.37. The van der Waals surface area contributed by atoms with Crippen molar-refractivity contribution in [3.8, 4) is 40.0 Å². The number of furan rings is 1. The molecule has 5 rings (SSSR count). The third-order valence-electron chi connectivity index (χ3n) is 4.96. The maximum Gasteiger partial charge on any atom is 0.263 e. The van der Waals surface area contributed by atoms with Crippen molar-refractivity contribution >= 4 is 26.5 Å². The summed E-state index contributed by atoms with van der Waals surface area (Å²) in [6.07, 6.45) is 9.69. The number of aromatic nitrogens is 4. The van der Waals surface area contributed by atoms with Crippen LogP contribution < -0.4 is 9.46 Å². The van der Waals surface area contributed by atoms with Gasteiger partial charge in [-0.25, -0.2) is 13.4 Å². The van der Waals surface area contributed by atoms with Crippen molar-refractivity contribution in [1.82, 2.24) is 19.7 Å². The highest BCUT2D eigenvalue weighted by atomic mass is 32.2. The van der Waals surface area contributed by atoms with Crippen LogP contribution in [-0.4, -0.2) is 28.2 Å². The highest BCUT2D eigenvalue weighted by Gasteiger charge is 2.20. The Kier molecular flexibility index (Phi) is 5.77. The average molecular weight is 505 g/mol. The zero-order valence-electron chi connectivity index (χ0n) is 18.1. The normalized spacial score (nSPS) is 11.2. The van der Waals surface area contributed by atoms with Crippen molar-refractivity contribution < 1.29 is 17.6 Å². The van der Waals surface area contributed by atoms with Crippen LogP contribution in [0.3, 0.4) is 0 Å². The van der Waals surface area contributed by atoms with Gasteiger partial charge in [0.2, 0.25) is 0 Å². The van der Waals surface area contributed by atoms with Gasteiger partial charge in [-0.2, -0.15) is 10.4 Å². The fourth-order valence-electron chi connectivity index (χ4n) is 3.30. The van der Waals surface area contributed by atoms with E-state index in [1.165, 1.54) is 24.4 Å². The number of hydrogen-bond donors (Lipinski definition) is 1. The standard InChI is InChI=1S/C23H16N6O4S2/c1-29-13-17(11-27-29)20-9-19(15-4-6-32-14-15)22(12-26-20)33-21-3-2-18(8-16(21)10-24)35(30,31)28-23-25-5-7-34-23/h2-9,11-14H,1H3,(H,25,28). The predicted octanol–water partition coefficient (Wildman–Crippen LogP) is 4.66. The molecule has 0 aliphatic rings. The number of nitriles is 1. The number of hydrogen-bond acceptors (Lipinski definition) is 9. The molecular formula is C23H16N6O4S2. The molecule has 0 radical (unpaired) electrons. The van der Waals surface area contributed by atoms with Crippen LogP contribution in [-0.2, 0) is 17.1 Å². The Bertz CT molecular complexity index is 1640. The maximum absolute atomic E-state index is 12.7. The smallest absolute Gasteiger partial charge is 0.263 e. The van der Waals surface area contributed by atoms with Crippen molar-refractivity contribution in [1.29, 1.82) is 5.26 Å². The van der Waals surface area contributed by atoms with Gasteiger partial charge in [-0.3, -0.25) is 14.4 Å². The first kappa shape index (κ1) is 22.3. The third-order valence-corrected chi connectivity index (χ3v) is 7.11. The second-order valence-corrected chi connectivity index (χ2v) is 9.87. The lowest BCUT2D eigenvalue weighted by molar-refractivity contribution is 0.480. The number of anilines is 1. The van der Waals surface area contributed by atoms with Gasteiger partial charge in [-0.15, -0.1) is 11.3 Å². The number of benzene rings is 1. The van der Waals surface area contributed by atoms with E-state index in [9.17, 15) is 13.7 Å². The molecule has 35 heavy (non-hydrogen) atoms. The van der Waals surface area contributed by atoms with E-state index in [1.54, 1.807) is 41.0 Å². The second-order valence-electron chi connectivity index (χ2n) is 7.29. The fourth-order valence-corrected chi connectivity index (χ4v) is 5.11. The lowest BCUT2D eigenvalue weighted by Gasteiger charge is -2.13. The lowest BCUT2D eigenvalue weighted by atomic mass is 10.1. The summed E-state index contributed by atoms with van der Waals surface area (Å²) < 4.78 is 40.8. The van der Waals surface area contributed by atoms with Crippen LogP contribution in [0, 0.1) is 11.3 Å². The van der Waals surface area contributed by atoms with E-state index >= 15 is 0 Å². The molecule has 1 N–H and O–H groups in total. The van der Waals surface area contributed by atoms with E-state index in [2.05, 4.69) is 19.8 Å². The van der Waals surface area contributed by atoms with Crippen molar-refractivity contribution in [2.75, 3.05) is 4.72 Å². The Morgan fingerprint density at radius 3 is 2.71 bits per heavy atom. The summed E-state index contributed by atoms with van der Waals surface area (Å²) in [7, 11) is -2.11. The number of rotatable bonds is 7. The molecule has 0 atom stereocenters. The number of ether oxygens (including phenoxy) is 1. The Morgan fingerprint density at radius 2 is 2.03 bits per heavy atom. The third kappa shape index (κ3) is 4.63. The molecule has 174 valence electrons. The zero-order chi connectivity index (χ0) is 24.4. The van der Waals surface area contributed by atoms with Gasteiger partial charge < -0.3 is 9.15 Å². The van der Waals surface area contributed by atoms with Gasteiger partial charge >= 0.3 is 0 Å². The number of thiazole rings is 1. The van der Waals surface area contributed by atoms with Crippen molar-refractivity contribution in [3.05, 3.63) is 78.6 Å². The van der Waals surface area contributed by atoms with Gasteiger partial charge in [0.1, 0.15) is 11.8 Å². The Labute approximate surface area is 204 Å². The first-order chi connectivity index (χ1) is 16.9. The summed E-state index contributed by atoms with van der Waals surface area (Å²) in [6, 6.07) is 9.66. The fraction of sp³-hybridized carbons (Fsp3) is 0.0435. The highest BCUT2D eigenvalue weighted by molar-refractivity contribution is 7.93. The Morgan fingerprint density at radius 1 is 1.14 bits per heavy atom. The molecule has 0 aliphatic carbocycles. The minimum atomic E-state index is -3.92. The molecule has 0 aliphatic heterocycles. The van der Waals surface area contributed by atoms with Gasteiger partial charge in [-0.05, 0) is 30.3 Å². The van der Waals surface area contributed by atoms with E-state index in [1.807, 2.05) is 25.4 Å². The molecule has 4 heterocycles. The molecule has 12 heteroatoms. The topological polar surface area (TPSA) is 136 Å². The number of nitrogens with one attached hydrogen (secondary N) is 1. The van der Waals surface area contributed by atoms with Gasteiger partial charge in [0.05, 0.1) is 41.1 Å². The summed E-state index contributed by atoms with van der Waals surface area (Å²) in [5.74, 6) is 0.549. The molecule has 0 saturated heterocycles. The molecular weight excluding hydrogens is 488 g/mol. The number of aryl methyl sites for hydroxylation is 1. The summed E-state index contributed by atoms with van der Waals surface area (Å²) in [5.41, 5.74) is 2.97. The molecule has 0 saturated carbocycles. The van der Waals surface area contributed by atoms with E-state index in [0.29, 0.717) is 17.0 Å². The minimum Gasteiger partial charge on any atom is -0.472 e. The summed E-state index contributed by atoms with van der Waals surface area (Å²) >= 11 is 1.15. The maximum atomic E-state index is 12.7. The first-order valence-electron chi connectivity index (χ1n) is 10.1. The Hall–Kier alpha value is -4.47. The molecule has 0 unspecified atom stereocenters. The molecule has 1 aromatic carbocycles. The molecule has 0 spiro atoms. The SMILES string of the molecule is Cn1cc(-c2cc(-c3ccoc3)c(Oc3ccc(S(=O)(=O)Nc4nccs4)cc3C#N)cn2)cn1. The van der Waals surface area contributed by atoms with Crippen LogP contribution in [0.15, 0.2) is 82.3 Å². The summed E-state index contributed by atoms with van der Waals surface area (Å²) in [5, 5.41) is 15.8. The number of sulfonamides is 1. The van der Waals surface area contributed by atoms with Crippen LogP contribution in [0.1, 0.15) is 5.56 Å². The summed E-state index contributed by atoms with van der Waals surface area (Å²) in [4.78, 5) is 8.32. The van der Waals surface area contributed by atoms with Crippen LogP contribution in [0.4, 0.5) is 5.13 Å². The molecule has 5 aromatic rings. The Balaban J connectivity index is 1.50. The average Bonchev–Trinajstić information content (AvgIpc) is 3.63. The quantitative estimate of drug-likeness (QED) is 0.338. The second kappa shape index (κ2) is 9.05. The van der Waals surface area contributed by atoms with Crippen LogP contribution in [0.5, 0.6) is 11.5 Å². The van der Waals surface area contributed by atoms with Crippen molar-refractivity contribution in [3.63, 3.8) is 0 Å². The first-order valence-corrected chi connectivity index (χ1v) is 12.5. The molecule has 0 amide bonds. The van der Waals surface area contributed by atoms with E-state index in [0.717, 1.165) is 22.5 Å². The van der Waals surface area contributed by atoms with Gasteiger partial charge in [-0.1, -0.05) is 0 Å². The monoisotopic (exact) mass is 504 g/mol. The van der Waals surface area contributed by atoms with Crippen LogP contribution in [0.25, 0.3) is 22.4 Å². The van der Waals surface area contributed by atoms with Crippen LogP contribution >= 0.6 is 11.3 Å². The predicted molar refractivity (Wildman–Crippen MR) is 128 cm³/mol. The lowest BCUT2D eigenvalue weighted by Crippen LogP contribution is -2.13. The minimum absolute atomic E-state index is 0.0430. The van der Waals surface area contributed by atoms with Crippen molar-refractivity contribution in [2.24, 2.45) is 7.05 Å². The zero-order valence-corrected chi connectivity index (χ0v) is 19.7. The van der Waals surface area contributed by atoms with Gasteiger partial charge in [0.15, 0.2) is 10.9 Å². The number of pyridine rings is 1. The van der Waals surface area contributed by atoms with Crippen LogP contribution in [0.2, 0.25) is 0 Å².